The fourth-order valence-corrected chi connectivity index (χ4v) is 5.13. The summed E-state index contributed by atoms with van der Waals surface area (Å²) in [5, 5.41) is 12.0. The van der Waals surface area contributed by atoms with E-state index >= 15 is 0 Å². The van der Waals surface area contributed by atoms with E-state index in [1.54, 1.807) is 11.3 Å². The summed E-state index contributed by atoms with van der Waals surface area (Å²) in [6, 6.07) is 20.0. The summed E-state index contributed by atoms with van der Waals surface area (Å²) in [5.41, 5.74) is 9.64. The molecule has 1 aromatic heterocycles. The van der Waals surface area contributed by atoms with Crippen molar-refractivity contribution in [2.45, 2.75) is 18.4 Å². The zero-order chi connectivity index (χ0) is 20.6. The molecular weight excluding hydrogens is 400 g/mol. The quantitative estimate of drug-likeness (QED) is 0.633. The second kappa shape index (κ2) is 7.55. The van der Waals surface area contributed by atoms with Gasteiger partial charge in [0.05, 0.1) is 11.6 Å². The molecule has 0 aliphatic carbocycles. The van der Waals surface area contributed by atoms with Gasteiger partial charge in [0.25, 0.3) is 0 Å². The van der Waals surface area contributed by atoms with E-state index in [0.717, 1.165) is 33.1 Å². The van der Waals surface area contributed by atoms with Gasteiger partial charge in [-0.25, -0.2) is 4.99 Å². The Balaban J connectivity index is 1.80. The van der Waals surface area contributed by atoms with Crippen molar-refractivity contribution in [2.75, 3.05) is 13.6 Å². The number of aliphatic imine (C=N–C) groups is 1. The van der Waals surface area contributed by atoms with Crippen molar-refractivity contribution in [2.24, 2.45) is 10.7 Å². The Hall–Kier alpha value is -2.81. The summed E-state index contributed by atoms with van der Waals surface area (Å²) in [6.07, 6.45) is 0. The highest BCUT2D eigenvalue weighted by atomic mass is 35.5. The molecule has 4 nitrogen and oxygen atoms in total. The van der Waals surface area contributed by atoms with Crippen molar-refractivity contribution in [1.82, 2.24) is 4.90 Å². The maximum atomic E-state index is 9.20. The molecule has 2 heterocycles. The van der Waals surface area contributed by atoms with E-state index in [1.165, 1.54) is 0 Å². The molecule has 2 N–H and O–H groups in total. The van der Waals surface area contributed by atoms with Gasteiger partial charge in [-0.05, 0) is 59.3 Å². The Bertz CT molecular complexity index is 1130. The molecule has 146 valence electrons. The third-order valence-corrected chi connectivity index (χ3v) is 6.94. The largest absolute Gasteiger partial charge is 0.370 e. The first-order valence-electron chi connectivity index (χ1n) is 9.32. The first kappa shape index (κ1) is 19.5. The van der Waals surface area contributed by atoms with Crippen molar-refractivity contribution in [3.8, 4) is 17.2 Å². The zero-order valence-corrected chi connectivity index (χ0v) is 17.8. The van der Waals surface area contributed by atoms with Crippen LogP contribution in [-0.2, 0) is 5.54 Å². The molecule has 0 spiro atoms. The molecule has 2 atom stereocenters. The van der Waals surface area contributed by atoms with E-state index in [1.807, 2.05) is 54.4 Å². The Morgan fingerprint density at radius 1 is 1.21 bits per heavy atom. The van der Waals surface area contributed by atoms with Crippen LogP contribution in [0, 0.1) is 11.3 Å². The predicted octanol–water partition coefficient (Wildman–Crippen LogP) is 5.20. The first-order chi connectivity index (χ1) is 13.9. The van der Waals surface area contributed by atoms with Gasteiger partial charge >= 0.3 is 0 Å². The topological polar surface area (TPSA) is 65.4 Å². The van der Waals surface area contributed by atoms with E-state index in [-0.39, 0.29) is 5.92 Å². The van der Waals surface area contributed by atoms with Crippen LogP contribution in [0.2, 0.25) is 5.02 Å². The second-order valence-electron chi connectivity index (χ2n) is 7.50. The lowest BCUT2D eigenvalue weighted by atomic mass is 9.78. The number of nitriles is 1. The lowest BCUT2D eigenvalue weighted by molar-refractivity contribution is 0.294. The molecule has 4 rings (SSSR count). The van der Waals surface area contributed by atoms with Crippen LogP contribution in [0.4, 0.5) is 0 Å². The Kier molecular flexibility index (Phi) is 5.08. The molecule has 6 heteroatoms. The summed E-state index contributed by atoms with van der Waals surface area (Å²) < 4.78 is 0. The molecule has 1 aliphatic rings. The monoisotopic (exact) mass is 420 g/mol. The smallest absolute Gasteiger partial charge is 0.191 e. The number of nitrogens with zero attached hydrogens (tertiary/aromatic N) is 3. The van der Waals surface area contributed by atoms with E-state index in [0.29, 0.717) is 11.5 Å². The number of hydrogen-bond acceptors (Lipinski definition) is 5. The van der Waals surface area contributed by atoms with Crippen molar-refractivity contribution >= 4 is 28.9 Å². The van der Waals surface area contributed by atoms with E-state index in [9.17, 15) is 5.26 Å². The number of nitrogens with two attached hydrogens (primary N) is 1. The summed E-state index contributed by atoms with van der Waals surface area (Å²) >= 11 is 7.96. The van der Waals surface area contributed by atoms with E-state index < -0.39 is 5.54 Å². The molecular formula is C23H21ClN4S. The average Bonchev–Trinajstić information content (AvgIpc) is 3.22. The number of thiophene rings is 1. The fraction of sp³-hybridized carbons (Fsp3) is 0.217. The Morgan fingerprint density at radius 3 is 2.76 bits per heavy atom. The van der Waals surface area contributed by atoms with Crippen LogP contribution in [0.5, 0.6) is 0 Å². The standard InChI is InChI=1S/C23H21ClN4S/c1-23(21-11-18(14-29-21)16-6-3-5-15(9-16)12-25)20(13-28(2)22(26)27-23)17-7-4-8-19(24)10-17/h3-11,14,20H,13H2,1-2H3,(H2,26,27)/t20-,23+/m1/s1. The Morgan fingerprint density at radius 2 is 2.00 bits per heavy atom. The van der Waals surface area contributed by atoms with Gasteiger partial charge in [0.2, 0.25) is 0 Å². The molecule has 0 amide bonds. The van der Waals surface area contributed by atoms with Crippen LogP contribution in [-0.4, -0.2) is 24.5 Å². The van der Waals surface area contributed by atoms with Crippen LogP contribution in [0.15, 0.2) is 65.0 Å². The molecule has 0 radical (unpaired) electrons. The van der Waals surface area contributed by atoms with Crippen LogP contribution >= 0.6 is 22.9 Å². The number of guanidine groups is 1. The second-order valence-corrected chi connectivity index (χ2v) is 8.85. The number of benzene rings is 2. The summed E-state index contributed by atoms with van der Waals surface area (Å²) in [6.45, 7) is 2.89. The predicted molar refractivity (Wildman–Crippen MR) is 120 cm³/mol. The number of hydrogen-bond donors (Lipinski definition) is 1. The van der Waals surface area contributed by atoms with Crippen molar-refractivity contribution < 1.29 is 0 Å². The highest BCUT2D eigenvalue weighted by Gasteiger charge is 2.42. The van der Waals surface area contributed by atoms with Gasteiger partial charge in [-0.1, -0.05) is 35.9 Å². The minimum Gasteiger partial charge on any atom is -0.370 e. The van der Waals surface area contributed by atoms with Gasteiger partial charge in [-0.15, -0.1) is 11.3 Å². The molecule has 3 aromatic rings. The highest BCUT2D eigenvalue weighted by molar-refractivity contribution is 7.10. The third-order valence-electron chi connectivity index (χ3n) is 5.55. The molecule has 0 saturated carbocycles. The minimum absolute atomic E-state index is 0.107. The normalized spacial score (nSPS) is 21.5. The van der Waals surface area contributed by atoms with Crippen LogP contribution in [0.3, 0.4) is 0 Å². The maximum absolute atomic E-state index is 9.20. The first-order valence-corrected chi connectivity index (χ1v) is 10.6. The molecule has 0 fully saturated rings. The van der Waals surface area contributed by atoms with Crippen molar-refractivity contribution in [3.05, 3.63) is 81.0 Å². The van der Waals surface area contributed by atoms with Crippen LogP contribution in [0.1, 0.15) is 28.8 Å². The third kappa shape index (κ3) is 3.62. The van der Waals surface area contributed by atoms with E-state index in [4.69, 9.17) is 22.3 Å². The number of rotatable bonds is 3. The van der Waals surface area contributed by atoms with Crippen LogP contribution in [0.25, 0.3) is 11.1 Å². The molecule has 0 bridgehead atoms. The van der Waals surface area contributed by atoms with Gasteiger partial charge in [-0.3, -0.25) is 0 Å². The fourth-order valence-electron chi connectivity index (χ4n) is 3.85. The Labute approximate surface area is 179 Å². The zero-order valence-electron chi connectivity index (χ0n) is 16.3. The molecule has 0 unspecified atom stereocenters. The van der Waals surface area contributed by atoms with Crippen molar-refractivity contribution in [3.63, 3.8) is 0 Å². The maximum Gasteiger partial charge on any atom is 0.191 e. The van der Waals surface area contributed by atoms with E-state index in [2.05, 4.69) is 30.5 Å². The molecule has 2 aromatic carbocycles. The summed E-state index contributed by atoms with van der Waals surface area (Å²) in [5.74, 6) is 0.641. The number of halogens is 1. The highest BCUT2D eigenvalue weighted by Crippen LogP contribution is 2.46. The van der Waals surface area contributed by atoms with Gasteiger partial charge in [0.1, 0.15) is 5.54 Å². The lowest BCUT2D eigenvalue weighted by Crippen LogP contribution is -2.48. The minimum atomic E-state index is -0.503. The summed E-state index contributed by atoms with van der Waals surface area (Å²) in [7, 11) is 1.96. The molecule has 0 saturated heterocycles. The van der Waals surface area contributed by atoms with Crippen molar-refractivity contribution in [1.29, 1.82) is 5.26 Å². The molecule has 1 aliphatic heterocycles. The SMILES string of the molecule is CN1C[C@H](c2cccc(Cl)c2)[C@@](C)(c2cc(-c3cccc(C#N)c3)cs2)N=C1N. The molecule has 29 heavy (non-hydrogen) atoms. The van der Waals surface area contributed by atoms with Gasteiger partial charge in [0, 0.05) is 29.4 Å². The summed E-state index contributed by atoms with van der Waals surface area (Å²) in [4.78, 5) is 8.05. The van der Waals surface area contributed by atoms with Gasteiger partial charge < -0.3 is 10.6 Å². The van der Waals surface area contributed by atoms with Crippen LogP contribution < -0.4 is 5.73 Å². The lowest BCUT2D eigenvalue weighted by Gasteiger charge is -2.41. The number of likely N-dealkylation sites (N-methyl/N-ethyl adjacent to an activating group) is 1. The average molecular weight is 421 g/mol. The van der Waals surface area contributed by atoms with Gasteiger partial charge in [-0.2, -0.15) is 5.26 Å². The van der Waals surface area contributed by atoms with Gasteiger partial charge in [0.15, 0.2) is 5.96 Å².